The van der Waals surface area contributed by atoms with E-state index in [2.05, 4.69) is 10.1 Å². The van der Waals surface area contributed by atoms with Gasteiger partial charge in [0.05, 0.1) is 5.60 Å². The van der Waals surface area contributed by atoms with E-state index >= 15 is 0 Å². The van der Waals surface area contributed by atoms with Crippen molar-refractivity contribution in [2.45, 2.75) is 69.6 Å². The van der Waals surface area contributed by atoms with Crippen LogP contribution in [0.3, 0.4) is 0 Å². The molecule has 0 amide bonds. The second-order valence-electron chi connectivity index (χ2n) is 5.51. The lowest BCUT2D eigenvalue weighted by molar-refractivity contribution is -0.343. The molecule has 0 bridgehead atoms. The molecule has 1 aliphatic carbocycles. The van der Waals surface area contributed by atoms with Crippen LogP contribution in [0, 0.1) is 0 Å². The summed E-state index contributed by atoms with van der Waals surface area (Å²) in [6.45, 7) is 3.54. The first-order chi connectivity index (χ1) is 8.96. The summed E-state index contributed by atoms with van der Waals surface area (Å²) in [4.78, 5) is 0. The summed E-state index contributed by atoms with van der Waals surface area (Å²) in [5.74, 6) is 0. The standard InChI is InChI=1S/C12H19F6NO/c1-8(2)19-7-10(5-3-4-6-10)20-9(11(13,14)15)12(16,17)18/h8-9,19H,3-7H2,1-2H3. The van der Waals surface area contributed by atoms with E-state index in [1.54, 1.807) is 13.8 Å². The molecule has 0 heterocycles. The molecule has 0 aromatic carbocycles. The van der Waals surface area contributed by atoms with E-state index in [-0.39, 0.29) is 25.4 Å². The third-order valence-electron chi connectivity index (χ3n) is 3.31. The number of nitrogens with one attached hydrogen (secondary N) is 1. The number of ether oxygens (including phenoxy) is 1. The Kier molecular flexibility index (Phi) is 5.34. The highest BCUT2D eigenvalue weighted by Crippen LogP contribution is 2.42. The van der Waals surface area contributed by atoms with E-state index in [0.717, 1.165) is 0 Å². The Morgan fingerprint density at radius 2 is 1.45 bits per heavy atom. The zero-order valence-corrected chi connectivity index (χ0v) is 11.4. The molecular weight excluding hydrogens is 288 g/mol. The first-order valence-corrected chi connectivity index (χ1v) is 6.51. The van der Waals surface area contributed by atoms with Crippen LogP contribution in [0.15, 0.2) is 0 Å². The highest BCUT2D eigenvalue weighted by atomic mass is 19.4. The third kappa shape index (κ3) is 4.80. The molecule has 1 saturated carbocycles. The Labute approximate surface area is 113 Å². The Morgan fingerprint density at radius 3 is 1.80 bits per heavy atom. The van der Waals surface area contributed by atoms with Gasteiger partial charge in [-0.25, -0.2) is 0 Å². The van der Waals surface area contributed by atoms with Crippen LogP contribution in [-0.4, -0.2) is 36.6 Å². The SMILES string of the molecule is CC(C)NCC1(OC(C(F)(F)F)C(F)(F)F)CCCC1. The number of alkyl halides is 6. The molecule has 0 aliphatic heterocycles. The Balaban J connectivity index is 2.86. The van der Waals surface area contributed by atoms with Gasteiger partial charge in [-0.3, -0.25) is 0 Å². The van der Waals surface area contributed by atoms with Crippen LogP contribution in [0.2, 0.25) is 0 Å². The van der Waals surface area contributed by atoms with E-state index in [9.17, 15) is 26.3 Å². The molecule has 0 saturated heterocycles. The van der Waals surface area contributed by atoms with Crippen molar-refractivity contribution in [2.75, 3.05) is 6.54 Å². The molecule has 8 heteroatoms. The predicted molar refractivity (Wildman–Crippen MR) is 61.3 cm³/mol. The second kappa shape index (κ2) is 6.09. The van der Waals surface area contributed by atoms with Crippen LogP contribution in [0.4, 0.5) is 26.3 Å². The van der Waals surface area contributed by atoms with Gasteiger partial charge in [0.2, 0.25) is 6.10 Å². The van der Waals surface area contributed by atoms with Crippen LogP contribution in [0.25, 0.3) is 0 Å². The van der Waals surface area contributed by atoms with Gasteiger partial charge in [0.25, 0.3) is 0 Å². The molecule has 1 rings (SSSR count). The number of hydrogen-bond acceptors (Lipinski definition) is 2. The van der Waals surface area contributed by atoms with Crippen molar-refractivity contribution >= 4 is 0 Å². The maximum atomic E-state index is 12.6. The van der Waals surface area contributed by atoms with Crippen LogP contribution in [0.5, 0.6) is 0 Å². The predicted octanol–water partition coefficient (Wildman–Crippen LogP) is 3.81. The van der Waals surface area contributed by atoms with Crippen molar-refractivity contribution in [1.29, 1.82) is 0 Å². The fraction of sp³-hybridized carbons (Fsp3) is 1.00. The molecule has 0 aromatic rings. The molecule has 20 heavy (non-hydrogen) atoms. The molecule has 0 unspecified atom stereocenters. The molecule has 0 radical (unpaired) electrons. The lowest BCUT2D eigenvalue weighted by Gasteiger charge is -2.36. The van der Waals surface area contributed by atoms with Gasteiger partial charge >= 0.3 is 12.4 Å². The summed E-state index contributed by atoms with van der Waals surface area (Å²) < 4.78 is 80.0. The molecule has 0 spiro atoms. The number of rotatable bonds is 5. The van der Waals surface area contributed by atoms with Crippen molar-refractivity contribution in [3.63, 3.8) is 0 Å². The largest absolute Gasteiger partial charge is 0.423 e. The minimum absolute atomic E-state index is 0.00662. The quantitative estimate of drug-likeness (QED) is 0.780. The minimum atomic E-state index is -5.45. The lowest BCUT2D eigenvalue weighted by Crippen LogP contribution is -2.53. The van der Waals surface area contributed by atoms with Crippen molar-refractivity contribution in [3.05, 3.63) is 0 Å². The van der Waals surface area contributed by atoms with Crippen molar-refractivity contribution in [2.24, 2.45) is 0 Å². The zero-order valence-electron chi connectivity index (χ0n) is 11.4. The summed E-state index contributed by atoms with van der Waals surface area (Å²) in [5.41, 5.74) is -1.39. The maximum absolute atomic E-state index is 12.6. The topological polar surface area (TPSA) is 21.3 Å². The molecule has 0 aromatic heterocycles. The van der Waals surface area contributed by atoms with Crippen LogP contribution in [0.1, 0.15) is 39.5 Å². The Hall–Kier alpha value is -0.500. The van der Waals surface area contributed by atoms with Gasteiger partial charge in [-0.15, -0.1) is 0 Å². The normalized spacial score (nSPS) is 20.1. The summed E-state index contributed by atoms with van der Waals surface area (Å²) in [5, 5.41) is 2.88. The van der Waals surface area contributed by atoms with Gasteiger partial charge in [-0.2, -0.15) is 26.3 Å². The summed E-state index contributed by atoms with van der Waals surface area (Å²) >= 11 is 0. The van der Waals surface area contributed by atoms with Gasteiger partial charge < -0.3 is 10.1 Å². The lowest BCUT2D eigenvalue weighted by atomic mass is 10.0. The second-order valence-corrected chi connectivity index (χ2v) is 5.51. The first kappa shape index (κ1) is 17.6. The maximum Gasteiger partial charge on any atom is 0.423 e. The fourth-order valence-corrected chi connectivity index (χ4v) is 2.31. The molecule has 1 aliphatic rings. The van der Waals surface area contributed by atoms with Gasteiger partial charge in [-0.1, -0.05) is 26.7 Å². The Bertz CT molecular complexity index is 292. The van der Waals surface area contributed by atoms with Gasteiger partial charge in [-0.05, 0) is 12.8 Å². The zero-order chi connectivity index (χ0) is 15.6. The average Bonchev–Trinajstić information content (AvgIpc) is 2.69. The summed E-state index contributed by atoms with van der Waals surface area (Å²) in [6.07, 6.45) is -13.1. The van der Waals surface area contributed by atoms with E-state index < -0.39 is 24.1 Å². The summed E-state index contributed by atoms with van der Waals surface area (Å²) in [6, 6.07) is -0.0358. The first-order valence-electron chi connectivity index (χ1n) is 6.51. The van der Waals surface area contributed by atoms with Crippen molar-refractivity contribution in [1.82, 2.24) is 5.32 Å². The smallest absolute Gasteiger partial charge is 0.353 e. The van der Waals surface area contributed by atoms with Gasteiger partial charge in [0, 0.05) is 12.6 Å². The van der Waals surface area contributed by atoms with E-state index in [0.29, 0.717) is 12.8 Å². The molecule has 0 atom stereocenters. The minimum Gasteiger partial charge on any atom is -0.353 e. The van der Waals surface area contributed by atoms with E-state index in [1.165, 1.54) is 0 Å². The van der Waals surface area contributed by atoms with E-state index in [1.807, 2.05) is 0 Å². The van der Waals surface area contributed by atoms with Gasteiger partial charge in [0.15, 0.2) is 0 Å². The van der Waals surface area contributed by atoms with Gasteiger partial charge in [0.1, 0.15) is 0 Å². The highest BCUT2D eigenvalue weighted by molar-refractivity contribution is 4.92. The Morgan fingerprint density at radius 1 is 1.00 bits per heavy atom. The fourth-order valence-electron chi connectivity index (χ4n) is 2.31. The molecular formula is C12H19F6NO. The molecule has 120 valence electrons. The van der Waals surface area contributed by atoms with Crippen LogP contribution in [-0.2, 0) is 4.74 Å². The highest BCUT2D eigenvalue weighted by Gasteiger charge is 2.60. The number of hydrogen-bond donors (Lipinski definition) is 1. The third-order valence-corrected chi connectivity index (χ3v) is 3.31. The van der Waals surface area contributed by atoms with Crippen molar-refractivity contribution in [3.8, 4) is 0 Å². The van der Waals surface area contributed by atoms with Crippen LogP contribution < -0.4 is 5.32 Å². The van der Waals surface area contributed by atoms with E-state index in [4.69, 9.17) is 0 Å². The molecule has 2 nitrogen and oxygen atoms in total. The summed E-state index contributed by atoms with van der Waals surface area (Å²) in [7, 11) is 0. The van der Waals surface area contributed by atoms with Crippen LogP contribution >= 0.6 is 0 Å². The average molecular weight is 307 g/mol. The molecule has 1 N–H and O–H groups in total. The van der Waals surface area contributed by atoms with Crippen molar-refractivity contribution < 1.29 is 31.1 Å². The number of halogens is 6. The monoisotopic (exact) mass is 307 g/mol. The molecule has 1 fully saturated rings.